The average Bonchev–Trinajstić information content (AvgIpc) is 2.27. The zero-order valence-corrected chi connectivity index (χ0v) is 10.3. The van der Waals surface area contributed by atoms with Gasteiger partial charge < -0.3 is 21.5 Å². The summed E-state index contributed by atoms with van der Waals surface area (Å²) in [5.74, 6) is -1.60. The van der Waals surface area contributed by atoms with Gasteiger partial charge in [0.15, 0.2) is 0 Å². The molecule has 0 radical (unpaired) electrons. The van der Waals surface area contributed by atoms with Crippen molar-refractivity contribution in [2.45, 2.75) is 19.4 Å². The van der Waals surface area contributed by atoms with Crippen LogP contribution in [-0.2, 0) is 16.0 Å². The van der Waals surface area contributed by atoms with E-state index in [1.165, 1.54) is 6.92 Å². The number of carbonyl (C=O) groups excluding carboxylic acids is 2. The van der Waals surface area contributed by atoms with E-state index in [-0.39, 0.29) is 6.42 Å². The summed E-state index contributed by atoms with van der Waals surface area (Å²) in [6.45, 7) is 1.46. The number of anilines is 1. The van der Waals surface area contributed by atoms with E-state index in [4.69, 9.17) is 10.8 Å². The summed E-state index contributed by atoms with van der Waals surface area (Å²) in [5.41, 5.74) is 6.01. The zero-order chi connectivity index (χ0) is 14.4. The molecule has 19 heavy (non-hydrogen) atoms. The Balaban J connectivity index is 2.64. The quantitative estimate of drug-likeness (QED) is 0.612. The van der Waals surface area contributed by atoms with Crippen LogP contribution < -0.4 is 16.4 Å². The number of carboxylic acids is 1. The number of carboxylic acid groups (broad SMARTS) is 1. The maximum absolute atomic E-state index is 11.5. The Morgan fingerprint density at radius 3 is 2.63 bits per heavy atom. The van der Waals surface area contributed by atoms with E-state index < -0.39 is 23.9 Å². The number of carbonyl (C=O) groups is 3. The number of nitrogens with two attached hydrogens (primary N) is 1. The first kappa shape index (κ1) is 14.5. The van der Waals surface area contributed by atoms with Crippen LogP contribution in [0.3, 0.4) is 0 Å². The van der Waals surface area contributed by atoms with Gasteiger partial charge in [0.05, 0.1) is 6.42 Å². The molecule has 0 spiro atoms. The maximum Gasteiger partial charge on any atom is 0.319 e. The third-order valence-corrected chi connectivity index (χ3v) is 2.31. The van der Waals surface area contributed by atoms with E-state index >= 15 is 0 Å². The number of nitrogens with one attached hydrogen (secondary N) is 2. The van der Waals surface area contributed by atoms with Gasteiger partial charge in [-0.25, -0.2) is 4.79 Å². The molecule has 0 aliphatic carbocycles. The lowest BCUT2D eigenvalue weighted by atomic mass is 10.1. The standard InChI is InChI=1S/C12H15N3O4/c1-7(11(13)18)14-12(19)15-9-4-2-3-8(5-9)6-10(16)17/h2-5,7H,6H2,1H3,(H2,13,18)(H,16,17)(H2,14,15,19). The minimum Gasteiger partial charge on any atom is -0.481 e. The van der Waals surface area contributed by atoms with Crippen molar-refractivity contribution in [3.8, 4) is 0 Å². The second-order valence-corrected chi connectivity index (χ2v) is 3.99. The average molecular weight is 265 g/mol. The highest BCUT2D eigenvalue weighted by atomic mass is 16.4. The van der Waals surface area contributed by atoms with Gasteiger partial charge in [0.2, 0.25) is 5.91 Å². The van der Waals surface area contributed by atoms with Crippen LogP contribution in [0.1, 0.15) is 12.5 Å². The summed E-state index contributed by atoms with van der Waals surface area (Å²) in [4.78, 5) is 32.9. The van der Waals surface area contributed by atoms with E-state index in [0.29, 0.717) is 11.3 Å². The van der Waals surface area contributed by atoms with Crippen LogP contribution in [0.2, 0.25) is 0 Å². The molecule has 3 amide bonds. The van der Waals surface area contributed by atoms with Crippen molar-refractivity contribution >= 4 is 23.6 Å². The molecule has 0 bridgehead atoms. The van der Waals surface area contributed by atoms with Crippen LogP contribution in [-0.4, -0.2) is 29.1 Å². The molecule has 0 saturated carbocycles. The molecule has 0 saturated heterocycles. The van der Waals surface area contributed by atoms with Gasteiger partial charge in [-0.1, -0.05) is 12.1 Å². The number of hydrogen-bond donors (Lipinski definition) is 4. The van der Waals surface area contributed by atoms with Gasteiger partial charge in [0.25, 0.3) is 0 Å². The number of hydrogen-bond acceptors (Lipinski definition) is 3. The molecule has 102 valence electrons. The van der Waals surface area contributed by atoms with E-state index in [0.717, 1.165) is 0 Å². The number of primary amides is 1. The van der Waals surface area contributed by atoms with Gasteiger partial charge in [-0.2, -0.15) is 0 Å². The molecule has 1 aromatic carbocycles. The van der Waals surface area contributed by atoms with Crippen LogP contribution in [0, 0.1) is 0 Å². The van der Waals surface area contributed by atoms with Crippen molar-refractivity contribution in [3.05, 3.63) is 29.8 Å². The van der Waals surface area contributed by atoms with Crippen molar-refractivity contribution in [2.75, 3.05) is 5.32 Å². The molecule has 7 nitrogen and oxygen atoms in total. The molecule has 0 aliphatic heterocycles. The van der Waals surface area contributed by atoms with Crippen molar-refractivity contribution in [1.29, 1.82) is 0 Å². The molecule has 0 fully saturated rings. The topological polar surface area (TPSA) is 122 Å². The largest absolute Gasteiger partial charge is 0.481 e. The molecular formula is C12H15N3O4. The first-order chi connectivity index (χ1) is 8.88. The molecule has 5 N–H and O–H groups in total. The maximum atomic E-state index is 11.5. The number of aliphatic carboxylic acids is 1. The lowest BCUT2D eigenvalue weighted by molar-refractivity contribution is -0.136. The summed E-state index contributed by atoms with van der Waals surface area (Å²) in [5, 5.41) is 13.5. The molecule has 0 aromatic heterocycles. The normalized spacial score (nSPS) is 11.4. The Morgan fingerprint density at radius 1 is 1.37 bits per heavy atom. The lowest BCUT2D eigenvalue weighted by Gasteiger charge is -2.11. The molecule has 7 heteroatoms. The van der Waals surface area contributed by atoms with Gasteiger partial charge >= 0.3 is 12.0 Å². The highest BCUT2D eigenvalue weighted by molar-refractivity contribution is 5.93. The summed E-state index contributed by atoms with van der Waals surface area (Å²) >= 11 is 0. The number of amides is 3. The van der Waals surface area contributed by atoms with Gasteiger partial charge in [-0.15, -0.1) is 0 Å². The first-order valence-electron chi connectivity index (χ1n) is 5.56. The number of benzene rings is 1. The van der Waals surface area contributed by atoms with Gasteiger partial charge in [-0.05, 0) is 24.6 Å². The highest BCUT2D eigenvalue weighted by Crippen LogP contribution is 2.11. The van der Waals surface area contributed by atoms with Crippen molar-refractivity contribution in [3.63, 3.8) is 0 Å². The van der Waals surface area contributed by atoms with Gasteiger partial charge in [0, 0.05) is 5.69 Å². The monoisotopic (exact) mass is 265 g/mol. The van der Waals surface area contributed by atoms with E-state index in [1.54, 1.807) is 24.3 Å². The third kappa shape index (κ3) is 5.07. The SMILES string of the molecule is CC(NC(=O)Nc1cccc(CC(=O)O)c1)C(N)=O. The third-order valence-electron chi connectivity index (χ3n) is 2.31. The number of urea groups is 1. The second-order valence-electron chi connectivity index (χ2n) is 3.99. The molecular weight excluding hydrogens is 250 g/mol. The summed E-state index contributed by atoms with van der Waals surface area (Å²) < 4.78 is 0. The lowest BCUT2D eigenvalue weighted by Crippen LogP contribution is -2.44. The van der Waals surface area contributed by atoms with Crippen molar-refractivity contribution in [1.82, 2.24) is 5.32 Å². The van der Waals surface area contributed by atoms with Crippen LogP contribution >= 0.6 is 0 Å². The zero-order valence-electron chi connectivity index (χ0n) is 10.3. The van der Waals surface area contributed by atoms with Gasteiger partial charge in [0.1, 0.15) is 6.04 Å². The summed E-state index contributed by atoms with van der Waals surface area (Å²) in [6.07, 6.45) is -0.130. The van der Waals surface area contributed by atoms with Crippen molar-refractivity contribution < 1.29 is 19.5 Å². The molecule has 1 atom stereocenters. The Kier molecular flexibility index (Phi) is 4.87. The van der Waals surface area contributed by atoms with Crippen LogP contribution in [0.5, 0.6) is 0 Å². The first-order valence-corrected chi connectivity index (χ1v) is 5.56. The van der Waals surface area contributed by atoms with Crippen LogP contribution in [0.4, 0.5) is 10.5 Å². The smallest absolute Gasteiger partial charge is 0.319 e. The summed E-state index contributed by atoms with van der Waals surface area (Å²) in [6, 6.07) is 5.05. The van der Waals surface area contributed by atoms with Crippen LogP contribution in [0.15, 0.2) is 24.3 Å². The fourth-order valence-corrected chi connectivity index (χ4v) is 1.37. The van der Waals surface area contributed by atoms with E-state index in [9.17, 15) is 14.4 Å². The fourth-order valence-electron chi connectivity index (χ4n) is 1.37. The van der Waals surface area contributed by atoms with Crippen LogP contribution in [0.25, 0.3) is 0 Å². The Bertz CT molecular complexity index is 502. The molecule has 1 unspecified atom stereocenters. The predicted octanol–water partition coefficient (Wildman–Crippen LogP) is 0.309. The molecule has 0 aliphatic rings. The Morgan fingerprint density at radius 2 is 2.05 bits per heavy atom. The Hall–Kier alpha value is -2.57. The van der Waals surface area contributed by atoms with Gasteiger partial charge in [-0.3, -0.25) is 9.59 Å². The minimum atomic E-state index is -0.955. The van der Waals surface area contributed by atoms with E-state index in [2.05, 4.69) is 10.6 Å². The predicted molar refractivity (Wildman–Crippen MR) is 68.6 cm³/mol. The molecule has 1 rings (SSSR count). The fraction of sp³-hybridized carbons (Fsp3) is 0.250. The second kappa shape index (κ2) is 6.39. The highest BCUT2D eigenvalue weighted by Gasteiger charge is 2.12. The van der Waals surface area contributed by atoms with Crippen molar-refractivity contribution in [2.24, 2.45) is 5.73 Å². The summed E-state index contributed by atoms with van der Waals surface area (Å²) in [7, 11) is 0. The van der Waals surface area contributed by atoms with E-state index in [1.807, 2.05) is 0 Å². The number of rotatable bonds is 5. The molecule has 1 aromatic rings. The molecule has 0 heterocycles. The Labute approximate surface area is 109 Å². The minimum absolute atomic E-state index is 0.130.